The molecule has 6 nitrogen and oxygen atoms in total. The molecule has 2 aliphatic carbocycles. The van der Waals surface area contributed by atoms with Crippen LogP contribution in [0.15, 0.2) is 6.20 Å². The van der Waals surface area contributed by atoms with Crippen molar-refractivity contribution in [1.82, 2.24) is 9.97 Å². The molecule has 1 heterocycles. The molecule has 2 saturated carbocycles. The van der Waals surface area contributed by atoms with Crippen molar-refractivity contribution in [1.29, 1.82) is 0 Å². The summed E-state index contributed by atoms with van der Waals surface area (Å²) in [4.78, 5) is 18.9. The smallest absolute Gasteiger partial charge is 0.224 e. The van der Waals surface area contributed by atoms with E-state index in [4.69, 9.17) is 17.3 Å². The predicted molar refractivity (Wildman–Crippen MR) is 69.3 cm³/mol. The minimum absolute atomic E-state index is 0.0328. The molecular weight excluding hydrogens is 287 g/mol. The third-order valence-electron chi connectivity index (χ3n) is 4.32. The molecule has 8 heteroatoms. The van der Waals surface area contributed by atoms with E-state index in [1.807, 2.05) is 0 Å². The average molecular weight is 301 g/mol. The number of carbonyl (C=O) groups excluding carboxylic acids is 1. The maximum Gasteiger partial charge on any atom is 0.224 e. The Morgan fingerprint density at radius 1 is 1.55 bits per heavy atom. The number of halogens is 2. The SMILES string of the molecule is NC(=O)[C@H]1[C@H]2C[C@@H]([C@H]1Nc1nc(Cl)ncc1F)[C@H](O)C2. The number of fused-ring (bicyclic) bond motifs is 2. The molecule has 0 unspecified atom stereocenters. The first-order chi connectivity index (χ1) is 9.47. The molecule has 0 radical (unpaired) electrons. The fourth-order valence-corrected chi connectivity index (χ4v) is 3.67. The van der Waals surface area contributed by atoms with Gasteiger partial charge in [0.15, 0.2) is 11.6 Å². The van der Waals surface area contributed by atoms with E-state index in [0.717, 1.165) is 6.20 Å². The molecule has 2 aliphatic rings. The van der Waals surface area contributed by atoms with Crippen LogP contribution >= 0.6 is 11.6 Å². The Hall–Kier alpha value is -1.47. The van der Waals surface area contributed by atoms with Crippen LogP contribution in [0.1, 0.15) is 12.8 Å². The summed E-state index contributed by atoms with van der Waals surface area (Å²) < 4.78 is 13.7. The normalized spacial score (nSPS) is 35.2. The van der Waals surface area contributed by atoms with Gasteiger partial charge in [-0.25, -0.2) is 9.37 Å². The van der Waals surface area contributed by atoms with Gasteiger partial charge >= 0.3 is 0 Å². The summed E-state index contributed by atoms with van der Waals surface area (Å²) >= 11 is 5.64. The van der Waals surface area contributed by atoms with Gasteiger partial charge in [-0.05, 0) is 30.4 Å². The van der Waals surface area contributed by atoms with Gasteiger partial charge in [-0.2, -0.15) is 4.98 Å². The van der Waals surface area contributed by atoms with Crippen molar-refractivity contribution in [3.8, 4) is 0 Å². The largest absolute Gasteiger partial charge is 0.393 e. The summed E-state index contributed by atoms with van der Waals surface area (Å²) in [6.45, 7) is 0. The van der Waals surface area contributed by atoms with Crippen LogP contribution in [0.3, 0.4) is 0 Å². The Bertz CT molecular complexity index is 558. The van der Waals surface area contributed by atoms with Crippen LogP contribution < -0.4 is 11.1 Å². The summed E-state index contributed by atoms with van der Waals surface area (Å²) in [6.07, 6.45) is 1.71. The number of amides is 1. The minimum Gasteiger partial charge on any atom is -0.393 e. The highest BCUT2D eigenvalue weighted by Gasteiger charge is 2.54. The highest BCUT2D eigenvalue weighted by molar-refractivity contribution is 6.28. The molecule has 20 heavy (non-hydrogen) atoms. The molecular formula is C12H14ClFN4O2. The van der Waals surface area contributed by atoms with E-state index in [1.165, 1.54) is 0 Å². The summed E-state index contributed by atoms with van der Waals surface area (Å²) in [5, 5.41) is 12.7. The van der Waals surface area contributed by atoms with E-state index >= 15 is 0 Å². The van der Waals surface area contributed by atoms with E-state index in [9.17, 15) is 14.3 Å². The third-order valence-corrected chi connectivity index (χ3v) is 4.50. The number of anilines is 1. The number of nitrogens with one attached hydrogen (secondary N) is 1. The highest BCUT2D eigenvalue weighted by atomic mass is 35.5. The van der Waals surface area contributed by atoms with Gasteiger partial charge in [0.2, 0.25) is 11.2 Å². The molecule has 1 amide bonds. The molecule has 108 valence electrons. The Morgan fingerprint density at radius 2 is 2.30 bits per heavy atom. The first-order valence-corrected chi connectivity index (χ1v) is 6.77. The van der Waals surface area contributed by atoms with Gasteiger partial charge in [0.1, 0.15) is 0 Å². The van der Waals surface area contributed by atoms with Crippen LogP contribution in [-0.4, -0.2) is 33.1 Å². The van der Waals surface area contributed by atoms with Gasteiger partial charge in [0.05, 0.1) is 18.2 Å². The summed E-state index contributed by atoms with van der Waals surface area (Å²) in [5.74, 6) is -1.70. The molecule has 2 bridgehead atoms. The standard InChI is InChI=1S/C12H14ClFN4O2/c13-12-16-3-6(14)11(18-12)17-9-5-1-4(2-7(5)19)8(9)10(15)20/h3-5,7-9,19H,1-2H2,(H2,15,20)(H,16,17,18)/t4-,5+,7+,8-,9+/m0/s1. The number of nitrogens with two attached hydrogens (primary N) is 1. The van der Waals surface area contributed by atoms with E-state index in [2.05, 4.69) is 15.3 Å². The number of rotatable bonds is 3. The highest BCUT2D eigenvalue weighted by Crippen LogP contribution is 2.49. The third kappa shape index (κ3) is 2.10. The molecule has 0 aliphatic heterocycles. The zero-order valence-corrected chi connectivity index (χ0v) is 11.2. The molecule has 4 N–H and O–H groups in total. The Balaban J connectivity index is 1.88. The fraction of sp³-hybridized carbons (Fsp3) is 0.583. The summed E-state index contributed by atoms with van der Waals surface area (Å²) in [5.41, 5.74) is 5.43. The first-order valence-electron chi connectivity index (χ1n) is 6.39. The fourth-order valence-electron chi connectivity index (χ4n) is 3.54. The van der Waals surface area contributed by atoms with E-state index < -0.39 is 29.8 Å². The second-order valence-electron chi connectivity index (χ2n) is 5.40. The topological polar surface area (TPSA) is 101 Å². The average Bonchev–Trinajstić information content (AvgIpc) is 2.90. The van der Waals surface area contributed by atoms with Gasteiger partial charge < -0.3 is 16.2 Å². The maximum absolute atomic E-state index is 13.7. The molecule has 1 aromatic heterocycles. The van der Waals surface area contributed by atoms with Gasteiger partial charge in [-0.1, -0.05) is 0 Å². The van der Waals surface area contributed by atoms with Crippen molar-refractivity contribution < 1.29 is 14.3 Å². The monoisotopic (exact) mass is 300 g/mol. The zero-order valence-electron chi connectivity index (χ0n) is 10.5. The lowest BCUT2D eigenvalue weighted by atomic mass is 9.82. The lowest BCUT2D eigenvalue weighted by molar-refractivity contribution is -0.124. The molecule has 0 aromatic carbocycles. The lowest BCUT2D eigenvalue weighted by Gasteiger charge is -2.32. The molecule has 1 aromatic rings. The van der Waals surface area contributed by atoms with Gasteiger partial charge in [-0.15, -0.1) is 0 Å². The molecule has 2 fully saturated rings. The van der Waals surface area contributed by atoms with Crippen molar-refractivity contribution in [2.45, 2.75) is 25.0 Å². The number of aromatic nitrogens is 2. The Morgan fingerprint density at radius 3 is 3.00 bits per heavy atom. The van der Waals surface area contributed by atoms with Gasteiger partial charge in [0.25, 0.3) is 0 Å². The van der Waals surface area contributed by atoms with Crippen molar-refractivity contribution in [3.05, 3.63) is 17.3 Å². The molecule has 3 rings (SSSR count). The second-order valence-corrected chi connectivity index (χ2v) is 5.73. The molecule has 0 saturated heterocycles. The van der Waals surface area contributed by atoms with Crippen LogP contribution in [-0.2, 0) is 4.79 Å². The number of hydrogen-bond donors (Lipinski definition) is 3. The number of carbonyl (C=O) groups is 1. The molecule has 5 atom stereocenters. The number of aliphatic hydroxyl groups is 1. The van der Waals surface area contributed by atoms with Crippen LogP contribution in [0.2, 0.25) is 5.28 Å². The number of primary amides is 1. The predicted octanol–water partition coefficient (Wildman–Crippen LogP) is 0.552. The first kappa shape index (κ1) is 13.5. The van der Waals surface area contributed by atoms with Crippen molar-refractivity contribution >= 4 is 23.3 Å². The maximum atomic E-state index is 13.7. The van der Waals surface area contributed by atoms with E-state index in [-0.39, 0.29) is 22.9 Å². The Kier molecular flexibility index (Phi) is 3.25. The number of aliphatic hydroxyl groups excluding tert-OH is 1. The Labute approximate surface area is 119 Å². The van der Waals surface area contributed by atoms with E-state index in [0.29, 0.717) is 12.8 Å². The number of hydrogen-bond acceptors (Lipinski definition) is 5. The quantitative estimate of drug-likeness (QED) is 0.708. The number of nitrogens with zero attached hydrogens (tertiary/aromatic N) is 2. The van der Waals surface area contributed by atoms with Crippen LogP contribution in [0.25, 0.3) is 0 Å². The van der Waals surface area contributed by atoms with Crippen LogP contribution in [0.4, 0.5) is 10.2 Å². The summed E-state index contributed by atoms with van der Waals surface area (Å²) in [7, 11) is 0. The van der Waals surface area contributed by atoms with Crippen molar-refractivity contribution in [2.24, 2.45) is 23.5 Å². The lowest BCUT2D eigenvalue weighted by Crippen LogP contribution is -2.46. The van der Waals surface area contributed by atoms with Crippen molar-refractivity contribution in [2.75, 3.05) is 5.32 Å². The van der Waals surface area contributed by atoms with Gasteiger partial charge in [-0.3, -0.25) is 4.79 Å². The zero-order chi connectivity index (χ0) is 14.4. The van der Waals surface area contributed by atoms with E-state index in [1.54, 1.807) is 0 Å². The van der Waals surface area contributed by atoms with Crippen molar-refractivity contribution in [3.63, 3.8) is 0 Å². The van der Waals surface area contributed by atoms with Crippen LogP contribution in [0, 0.1) is 23.6 Å². The van der Waals surface area contributed by atoms with Gasteiger partial charge in [0, 0.05) is 12.0 Å². The summed E-state index contributed by atoms with van der Waals surface area (Å²) in [6, 6.07) is -0.429. The second kappa shape index (κ2) is 4.82. The van der Waals surface area contributed by atoms with Crippen LogP contribution in [0.5, 0.6) is 0 Å². The minimum atomic E-state index is -0.658. The molecule has 0 spiro atoms.